The smallest absolute Gasteiger partial charge is 0.434 e. The molecule has 2 aromatic carbocycles. The van der Waals surface area contributed by atoms with E-state index >= 15 is 4.39 Å². The van der Waals surface area contributed by atoms with Crippen LogP contribution in [0, 0.1) is 11.7 Å². The van der Waals surface area contributed by atoms with Crippen LogP contribution in [0.1, 0.15) is 32.1 Å². The lowest BCUT2D eigenvalue weighted by molar-refractivity contribution is -0.405. The Labute approximate surface area is 248 Å². The van der Waals surface area contributed by atoms with Gasteiger partial charge in [0, 0.05) is 52.6 Å². The van der Waals surface area contributed by atoms with Crippen LogP contribution in [0.15, 0.2) is 42.6 Å². The van der Waals surface area contributed by atoms with Crippen molar-refractivity contribution in [2.45, 2.75) is 43.8 Å². The van der Waals surface area contributed by atoms with E-state index < -0.39 is 12.0 Å². The van der Waals surface area contributed by atoms with Crippen molar-refractivity contribution in [1.29, 1.82) is 0 Å². The summed E-state index contributed by atoms with van der Waals surface area (Å²) in [7, 11) is 1.92. The van der Waals surface area contributed by atoms with Crippen LogP contribution in [0.5, 0.6) is 6.01 Å². The van der Waals surface area contributed by atoms with Crippen LogP contribution >= 0.6 is 11.6 Å². The van der Waals surface area contributed by atoms with Crippen LogP contribution in [-0.2, 0) is 0 Å². The van der Waals surface area contributed by atoms with Gasteiger partial charge in [0.15, 0.2) is 5.82 Å². The molecule has 42 heavy (non-hydrogen) atoms. The van der Waals surface area contributed by atoms with Gasteiger partial charge < -0.3 is 10.1 Å². The van der Waals surface area contributed by atoms with Gasteiger partial charge in [-0.1, -0.05) is 41.9 Å². The highest BCUT2D eigenvalue weighted by Gasteiger charge is 2.49. The third kappa shape index (κ3) is 4.91. The topological polar surface area (TPSA) is 66.2 Å². The maximum Gasteiger partial charge on any atom is 0.434 e. The molecule has 218 valence electrons. The van der Waals surface area contributed by atoms with Crippen molar-refractivity contribution in [3.05, 3.63) is 53.4 Å². The molecule has 3 aliphatic heterocycles. The number of nitrogens with zero attached hydrogens (tertiary/aromatic N) is 5. The normalized spacial score (nSPS) is 24.9. The lowest BCUT2D eigenvalue weighted by Crippen LogP contribution is -2.43. The quantitative estimate of drug-likeness (QED) is 0.221. The molecule has 7 nitrogen and oxygen atoms in total. The number of benzene rings is 2. The summed E-state index contributed by atoms with van der Waals surface area (Å²) >= 11 is 6.58. The molecule has 10 heteroatoms. The summed E-state index contributed by atoms with van der Waals surface area (Å²) in [5, 5.41) is 6.08. The zero-order valence-corrected chi connectivity index (χ0v) is 24.4. The van der Waals surface area contributed by atoms with Gasteiger partial charge in [0.25, 0.3) is 0 Å². The number of pyridine rings is 1. The molecule has 0 bridgehead atoms. The maximum atomic E-state index is 16.6. The molecule has 3 aliphatic rings. The first-order valence-electron chi connectivity index (χ1n) is 14.8. The molecule has 1 N–H and O–H groups in total. The van der Waals surface area contributed by atoms with Crippen LogP contribution in [0.2, 0.25) is 5.02 Å². The molecule has 0 spiro atoms. The van der Waals surface area contributed by atoms with E-state index in [1.54, 1.807) is 12.3 Å². The van der Waals surface area contributed by atoms with E-state index in [1.165, 1.54) is 0 Å². The second-order valence-electron chi connectivity index (χ2n) is 11.9. The minimum Gasteiger partial charge on any atom is -0.443 e. The number of ether oxygens (including phenoxy) is 1. The number of rotatable bonds is 6. The van der Waals surface area contributed by atoms with Crippen molar-refractivity contribution >= 4 is 45.3 Å². The van der Waals surface area contributed by atoms with Crippen LogP contribution in [0.3, 0.4) is 0 Å². The van der Waals surface area contributed by atoms with Crippen molar-refractivity contribution in [3.63, 3.8) is 0 Å². The second-order valence-corrected chi connectivity index (χ2v) is 12.3. The Bertz CT molecular complexity index is 1690. The van der Waals surface area contributed by atoms with Crippen molar-refractivity contribution in [1.82, 2.24) is 25.2 Å². The number of hydrogen-bond acceptors (Lipinski definition) is 6. The molecule has 2 aromatic heterocycles. The molecular weight excluding hydrogens is 558 g/mol. The number of aromatic nitrogens is 3. The molecule has 0 radical (unpaired) electrons. The Morgan fingerprint density at radius 2 is 2.07 bits per heavy atom. The standard InChI is InChI=1S/C32H34ClF2N6O/c1-40(17-20-6-4-12-36-15-20)30-24-16-37-28(23-9-2-7-21-8-3-10-25(33)26(21)23)27(35)29(24)38-31(39-30)42-19-32-11-5-13-41(32)18-22(34)14-32/h2-3,7-10,16-17,20,22,36H,4-6,11-15,18-19H2,1H3/q+1/t20?,22-,32+/m1/s1. The van der Waals surface area contributed by atoms with Gasteiger partial charge in [-0.3, -0.25) is 9.88 Å². The minimum absolute atomic E-state index is 0.0788. The van der Waals surface area contributed by atoms with Crippen LogP contribution < -0.4 is 10.1 Å². The lowest BCUT2D eigenvalue weighted by Gasteiger charge is -2.30. The average molecular weight is 592 g/mol. The minimum atomic E-state index is -0.870. The maximum absolute atomic E-state index is 16.6. The first-order chi connectivity index (χ1) is 20.4. The number of alkyl halides is 1. The zero-order valence-electron chi connectivity index (χ0n) is 23.6. The molecule has 3 saturated heterocycles. The molecule has 3 atom stereocenters. The molecule has 3 fully saturated rings. The summed E-state index contributed by atoms with van der Waals surface area (Å²) < 4.78 is 39.1. The fourth-order valence-electron chi connectivity index (χ4n) is 7.08. The van der Waals surface area contributed by atoms with E-state index in [0.717, 1.165) is 56.1 Å². The summed E-state index contributed by atoms with van der Waals surface area (Å²) in [4.78, 5) is 16.1. The lowest BCUT2D eigenvalue weighted by atomic mass is 9.95. The molecule has 7 rings (SSSR count). The van der Waals surface area contributed by atoms with Gasteiger partial charge >= 0.3 is 11.8 Å². The summed E-state index contributed by atoms with van der Waals surface area (Å²) in [5.41, 5.74) is 0.512. The van der Waals surface area contributed by atoms with Gasteiger partial charge in [-0.05, 0) is 50.2 Å². The van der Waals surface area contributed by atoms with Crippen LogP contribution in [-0.4, -0.2) is 82.2 Å². The summed E-state index contributed by atoms with van der Waals surface area (Å²) in [6.07, 6.45) is 7.33. The Kier molecular flexibility index (Phi) is 7.28. The van der Waals surface area contributed by atoms with Gasteiger partial charge in [0.1, 0.15) is 29.4 Å². The predicted octanol–water partition coefficient (Wildman–Crippen LogP) is 5.94. The van der Waals surface area contributed by atoms with E-state index in [4.69, 9.17) is 21.3 Å². The largest absolute Gasteiger partial charge is 0.443 e. The first-order valence-corrected chi connectivity index (χ1v) is 15.1. The summed E-state index contributed by atoms with van der Waals surface area (Å²) in [6.45, 7) is 3.43. The zero-order chi connectivity index (χ0) is 28.8. The molecule has 5 heterocycles. The highest BCUT2D eigenvalue weighted by molar-refractivity contribution is 6.36. The first kappa shape index (κ1) is 27.6. The Morgan fingerprint density at radius 3 is 2.90 bits per heavy atom. The third-order valence-corrected chi connectivity index (χ3v) is 9.40. The molecule has 1 unspecified atom stereocenters. The second kappa shape index (κ2) is 11.1. The van der Waals surface area contributed by atoms with E-state index in [1.807, 2.05) is 42.0 Å². The van der Waals surface area contributed by atoms with E-state index in [0.29, 0.717) is 40.7 Å². The van der Waals surface area contributed by atoms with Crippen molar-refractivity contribution in [3.8, 4) is 17.3 Å². The average Bonchev–Trinajstić information content (AvgIpc) is 3.52. The van der Waals surface area contributed by atoms with Gasteiger partial charge in [-0.2, -0.15) is 4.98 Å². The van der Waals surface area contributed by atoms with Gasteiger partial charge in [-0.15, -0.1) is 0 Å². The molecule has 0 amide bonds. The summed E-state index contributed by atoms with van der Waals surface area (Å²) in [6, 6.07) is 11.3. The van der Waals surface area contributed by atoms with Gasteiger partial charge in [-0.25, -0.2) is 13.4 Å². The van der Waals surface area contributed by atoms with Gasteiger partial charge in [0.2, 0.25) is 0 Å². The Hall–Kier alpha value is -3.27. The molecule has 4 aromatic rings. The SMILES string of the molecule is C[N+](=CC1CCCNC1)c1nc(OC[C@@]23CCCN2C[C@H](F)C3)nc2c(F)c(-c3cccc4cccc(Cl)c34)ncc12. The predicted molar refractivity (Wildman–Crippen MR) is 161 cm³/mol. The molecular formula is C32H34ClF2N6O+. The van der Waals surface area contributed by atoms with E-state index in [2.05, 4.69) is 26.4 Å². The number of fused-ring (bicyclic) bond motifs is 3. The third-order valence-electron chi connectivity index (χ3n) is 9.09. The Balaban J connectivity index is 1.34. The Morgan fingerprint density at radius 1 is 1.21 bits per heavy atom. The van der Waals surface area contributed by atoms with Crippen molar-refractivity contribution in [2.75, 3.05) is 39.8 Å². The number of halogens is 3. The highest BCUT2D eigenvalue weighted by Crippen LogP contribution is 2.41. The number of hydrogen-bond donors (Lipinski definition) is 1. The number of nitrogens with one attached hydrogen (secondary N) is 1. The fraction of sp³-hybridized carbons (Fsp3) is 0.438. The molecule has 0 aliphatic carbocycles. The molecule has 0 saturated carbocycles. The highest BCUT2D eigenvalue weighted by atomic mass is 35.5. The van der Waals surface area contributed by atoms with E-state index in [9.17, 15) is 4.39 Å². The fourth-order valence-corrected chi connectivity index (χ4v) is 7.36. The van der Waals surface area contributed by atoms with Crippen molar-refractivity contribution in [2.24, 2.45) is 5.92 Å². The van der Waals surface area contributed by atoms with Crippen molar-refractivity contribution < 1.29 is 18.1 Å². The summed E-state index contributed by atoms with van der Waals surface area (Å²) in [5.74, 6) is 0.274. The number of piperidine rings is 1. The van der Waals surface area contributed by atoms with E-state index in [-0.39, 0.29) is 29.4 Å². The monoisotopic (exact) mass is 591 g/mol. The van der Waals surface area contributed by atoms with Crippen LogP contribution in [0.4, 0.5) is 14.6 Å². The van der Waals surface area contributed by atoms with Gasteiger partial charge in [0.05, 0.1) is 18.8 Å². The van der Waals surface area contributed by atoms with Crippen LogP contribution in [0.25, 0.3) is 32.9 Å².